The van der Waals surface area contributed by atoms with Crippen molar-refractivity contribution in [3.8, 4) is 11.5 Å². The molecule has 0 saturated heterocycles. The van der Waals surface area contributed by atoms with Crippen LogP contribution in [0.5, 0.6) is 11.5 Å². The minimum Gasteiger partial charge on any atom is -0.504 e. The molecule has 2 N–H and O–H groups in total. The first kappa shape index (κ1) is 11.9. The number of phenols is 1. The van der Waals surface area contributed by atoms with E-state index in [9.17, 15) is 5.11 Å². The summed E-state index contributed by atoms with van der Waals surface area (Å²) in [5.41, 5.74) is 1.11. The second-order valence-corrected chi connectivity index (χ2v) is 3.97. The van der Waals surface area contributed by atoms with Gasteiger partial charge in [0.25, 0.3) is 0 Å². The summed E-state index contributed by atoms with van der Waals surface area (Å²) in [4.78, 5) is 0. The lowest BCUT2D eigenvalue weighted by molar-refractivity contribution is 0.372. The Labute approximate surface area is 91.1 Å². The third-order valence-electron chi connectivity index (χ3n) is 2.29. The second-order valence-electron chi connectivity index (χ2n) is 3.97. The number of phenolic OH excluding ortho intramolecular Hbond substituents is 1. The summed E-state index contributed by atoms with van der Waals surface area (Å²) >= 11 is 0. The molecular weight excluding hydrogens is 190 g/mol. The second kappa shape index (κ2) is 5.03. The van der Waals surface area contributed by atoms with Crippen molar-refractivity contribution in [1.82, 2.24) is 5.32 Å². The van der Waals surface area contributed by atoms with E-state index < -0.39 is 0 Å². The average molecular weight is 209 g/mol. The maximum atomic E-state index is 9.45. The van der Waals surface area contributed by atoms with Crippen LogP contribution in [0, 0.1) is 0 Å². The Morgan fingerprint density at radius 1 is 1.27 bits per heavy atom. The number of methoxy groups -OCH3 is 1. The summed E-state index contributed by atoms with van der Waals surface area (Å²) < 4.78 is 5.06. The molecule has 0 aliphatic carbocycles. The van der Waals surface area contributed by atoms with Crippen molar-refractivity contribution in [1.29, 1.82) is 0 Å². The van der Waals surface area contributed by atoms with E-state index in [0.29, 0.717) is 11.8 Å². The number of rotatable bonds is 4. The zero-order chi connectivity index (χ0) is 11.4. The summed E-state index contributed by atoms with van der Waals surface area (Å²) in [7, 11) is 1.55. The van der Waals surface area contributed by atoms with Crippen LogP contribution in [-0.4, -0.2) is 18.3 Å². The predicted octanol–water partition coefficient (Wildman–Crippen LogP) is 2.46. The maximum absolute atomic E-state index is 9.45. The van der Waals surface area contributed by atoms with Crippen molar-refractivity contribution in [3.63, 3.8) is 0 Å². The molecule has 0 aliphatic heterocycles. The van der Waals surface area contributed by atoms with Gasteiger partial charge in [0.15, 0.2) is 11.5 Å². The molecule has 0 heterocycles. The minimum absolute atomic E-state index is 0.179. The van der Waals surface area contributed by atoms with Crippen LogP contribution in [0.25, 0.3) is 0 Å². The molecular formula is C12H19NO2. The Morgan fingerprint density at radius 3 is 2.47 bits per heavy atom. The fourth-order valence-corrected chi connectivity index (χ4v) is 1.56. The average Bonchev–Trinajstić information content (AvgIpc) is 2.17. The number of hydrogen-bond acceptors (Lipinski definition) is 3. The Morgan fingerprint density at radius 2 is 1.93 bits per heavy atom. The molecule has 3 heteroatoms. The summed E-state index contributed by atoms with van der Waals surface area (Å²) in [6, 6.07) is 6.10. The van der Waals surface area contributed by atoms with Gasteiger partial charge in [-0.1, -0.05) is 19.9 Å². The molecule has 1 atom stereocenters. The van der Waals surface area contributed by atoms with Gasteiger partial charge in [-0.15, -0.1) is 0 Å². The molecule has 0 radical (unpaired) electrons. The lowest BCUT2D eigenvalue weighted by Gasteiger charge is -2.18. The molecule has 1 aromatic rings. The van der Waals surface area contributed by atoms with Crippen LogP contribution in [0.1, 0.15) is 32.4 Å². The monoisotopic (exact) mass is 209 g/mol. The van der Waals surface area contributed by atoms with Gasteiger partial charge in [0.1, 0.15) is 0 Å². The minimum atomic E-state index is 0.179. The Bertz CT molecular complexity index is 323. The number of ether oxygens (including phenoxy) is 1. The van der Waals surface area contributed by atoms with Crippen LogP contribution in [-0.2, 0) is 0 Å². The van der Waals surface area contributed by atoms with Crippen LogP contribution in [0.15, 0.2) is 18.2 Å². The fourth-order valence-electron chi connectivity index (χ4n) is 1.56. The van der Waals surface area contributed by atoms with Crippen LogP contribution in [0.4, 0.5) is 0 Å². The fraction of sp³-hybridized carbons (Fsp3) is 0.500. The zero-order valence-corrected chi connectivity index (χ0v) is 9.74. The van der Waals surface area contributed by atoms with E-state index >= 15 is 0 Å². The van der Waals surface area contributed by atoms with Gasteiger partial charge in [0.05, 0.1) is 7.11 Å². The van der Waals surface area contributed by atoms with Crippen molar-refractivity contribution in [2.24, 2.45) is 0 Å². The molecule has 0 spiro atoms. The lowest BCUT2D eigenvalue weighted by atomic mass is 10.1. The van der Waals surface area contributed by atoms with Crippen molar-refractivity contribution >= 4 is 0 Å². The van der Waals surface area contributed by atoms with Crippen LogP contribution in [0.2, 0.25) is 0 Å². The van der Waals surface area contributed by atoms with Crippen LogP contribution in [0.3, 0.4) is 0 Å². The van der Waals surface area contributed by atoms with E-state index in [0.717, 1.165) is 5.56 Å². The summed E-state index contributed by atoms with van der Waals surface area (Å²) in [5.74, 6) is 0.697. The first-order chi connectivity index (χ1) is 7.04. The highest BCUT2D eigenvalue weighted by Crippen LogP contribution is 2.28. The zero-order valence-electron chi connectivity index (χ0n) is 9.74. The van der Waals surface area contributed by atoms with Gasteiger partial charge in [0, 0.05) is 12.1 Å². The van der Waals surface area contributed by atoms with Crippen molar-refractivity contribution in [2.75, 3.05) is 7.11 Å². The highest BCUT2D eigenvalue weighted by molar-refractivity contribution is 5.42. The summed E-state index contributed by atoms with van der Waals surface area (Å²) in [6.07, 6.45) is 0. The molecule has 0 bridgehead atoms. The van der Waals surface area contributed by atoms with Crippen molar-refractivity contribution in [3.05, 3.63) is 23.8 Å². The van der Waals surface area contributed by atoms with Gasteiger partial charge in [-0.05, 0) is 24.6 Å². The van der Waals surface area contributed by atoms with Gasteiger partial charge in [-0.3, -0.25) is 0 Å². The highest BCUT2D eigenvalue weighted by Gasteiger charge is 2.09. The normalized spacial score (nSPS) is 12.9. The maximum Gasteiger partial charge on any atom is 0.160 e. The Hall–Kier alpha value is -1.22. The molecule has 1 rings (SSSR count). The van der Waals surface area contributed by atoms with E-state index in [-0.39, 0.29) is 11.8 Å². The molecule has 0 saturated carbocycles. The quantitative estimate of drug-likeness (QED) is 0.800. The molecule has 15 heavy (non-hydrogen) atoms. The predicted molar refractivity (Wildman–Crippen MR) is 61.3 cm³/mol. The van der Waals surface area contributed by atoms with Gasteiger partial charge in [-0.2, -0.15) is 0 Å². The SMILES string of the molecule is COc1cc(C(C)NC(C)C)ccc1O. The Balaban J connectivity index is 2.85. The molecule has 1 unspecified atom stereocenters. The topological polar surface area (TPSA) is 41.5 Å². The van der Waals surface area contributed by atoms with Gasteiger partial charge in [0.2, 0.25) is 0 Å². The Kier molecular flexibility index (Phi) is 3.97. The molecule has 0 fully saturated rings. The molecule has 1 aromatic carbocycles. The van der Waals surface area contributed by atoms with E-state index in [4.69, 9.17) is 4.74 Å². The van der Waals surface area contributed by atoms with Crippen molar-refractivity contribution in [2.45, 2.75) is 32.9 Å². The van der Waals surface area contributed by atoms with Crippen molar-refractivity contribution < 1.29 is 9.84 Å². The smallest absolute Gasteiger partial charge is 0.160 e. The lowest BCUT2D eigenvalue weighted by Crippen LogP contribution is -2.25. The van der Waals surface area contributed by atoms with E-state index in [1.165, 1.54) is 0 Å². The van der Waals surface area contributed by atoms with E-state index in [1.807, 2.05) is 12.1 Å². The largest absolute Gasteiger partial charge is 0.504 e. The molecule has 0 amide bonds. The number of aromatic hydroxyl groups is 1. The van der Waals surface area contributed by atoms with E-state index in [1.54, 1.807) is 13.2 Å². The first-order valence-corrected chi connectivity index (χ1v) is 5.17. The first-order valence-electron chi connectivity index (χ1n) is 5.17. The van der Waals surface area contributed by atoms with Crippen LogP contribution < -0.4 is 10.1 Å². The standard InChI is InChI=1S/C12H19NO2/c1-8(2)13-9(3)10-5-6-11(14)12(7-10)15-4/h5-9,13-14H,1-4H3. The van der Waals surface area contributed by atoms with Gasteiger partial charge < -0.3 is 15.2 Å². The molecule has 0 aliphatic rings. The van der Waals surface area contributed by atoms with Gasteiger partial charge in [-0.25, -0.2) is 0 Å². The number of hydrogen-bond donors (Lipinski definition) is 2. The number of nitrogens with one attached hydrogen (secondary N) is 1. The molecule has 0 aromatic heterocycles. The third kappa shape index (κ3) is 3.13. The van der Waals surface area contributed by atoms with E-state index in [2.05, 4.69) is 26.1 Å². The van der Waals surface area contributed by atoms with Gasteiger partial charge >= 0.3 is 0 Å². The highest BCUT2D eigenvalue weighted by atomic mass is 16.5. The molecule has 84 valence electrons. The summed E-state index contributed by atoms with van der Waals surface area (Å²) in [6.45, 7) is 6.30. The summed E-state index contributed by atoms with van der Waals surface area (Å²) in [5, 5.41) is 12.8. The number of benzene rings is 1. The van der Waals surface area contributed by atoms with Crippen LogP contribution >= 0.6 is 0 Å². The molecule has 3 nitrogen and oxygen atoms in total. The third-order valence-corrected chi connectivity index (χ3v) is 2.29.